The van der Waals surface area contributed by atoms with E-state index in [1.165, 1.54) is 25.3 Å². The van der Waals surface area contributed by atoms with Crippen molar-refractivity contribution in [3.8, 4) is 0 Å². The Balaban J connectivity index is 1.69. The Hall–Kier alpha value is -2.94. The normalized spacial score (nSPS) is 18.4. The van der Waals surface area contributed by atoms with Crippen LogP contribution in [0.3, 0.4) is 0 Å². The van der Waals surface area contributed by atoms with Gasteiger partial charge in [0.25, 0.3) is 15.9 Å². The fourth-order valence-electron chi connectivity index (χ4n) is 2.89. The first kappa shape index (κ1) is 19.8. The van der Waals surface area contributed by atoms with Gasteiger partial charge >= 0.3 is 5.97 Å². The number of esters is 1. The van der Waals surface area contributed by atoms with Crippen molar-refractivity contribution in [3.05, 3.63) is 54.3 Å². The van der Waals surface area contributed by atoms with Crippen molar-refractivity contribution >= 4 is 33.4 Å². The summed E-state index contributed by atoms with van der Waals surface area (Å²) in [7, 11) is -3.46. The van der Waals surface area contributed by atoms with E-state index in [1.54, 1.807) is 9.80 Å². The first-order chi connectivity index (χ1) is 13.3. The Morgan fingerprint density at radius 1 is 1.25 bits per heavy atom. The molecule has 0 spiro atoms. The molecule has 28 heavy (non-hydrogen) atoms. The molecule has 0 N–H and O–H groups in total. The number of carbonyl (C=O) groups is 2. The third kappa shape index (κ3) is 4.30. The van der Waals surface area contributed by atoms with Crippen molar-refractivity contribution in [2.75, 3.05) is 23.7 Å². The summed E-state index contributed by atoms with van der Waals surface area (Å²) in [4.78, 5) is 28.3. The fourth-order valence-corrected chi connectivity index (χ4v) is 3.86. The molecule has 0 saturated heterocycles. The molecule has 9 heteroatoms. The number of rotatable bonds is 5. The van der Waals surface area contributed by atoms with Crippen molar-refractivity contribution in [2.24, 2.45) is 4.40 Å². The number of likely N-dealkylation sites (N-methyl/N-ethyl adjacent to an activating group) is 1. The summed E-state index contributed by atoms with van der Waals surface area (Å²) in [5, 5.41) is 0. The topological polar surface area (TPSA) is 96.4 Å². The first-order valence-electron chi connectivity index (χ1n) is 8.87. The second kappa shape index (κ2) is 7.97. The molecule has 1 atom stereocenters. The van der Waals surface area contributed by atoms with Gasteiger partial charge in [-0.2, -0.15) is 0 Å². The predicted molar refractivity (Wildman–Crippen MR) is 105 cm³/mol. The van der Waals surface area contributed by atoms with Gasteiger partial charge in [0, 0.05) is 25.0 Å². The number of sulfonamides is 1. The Morgan fingerprint density at radius 3 is 2.64 bits per heavy atom. The minimum Gasteiger partial charge on any atom is -0.449 e. The zero-order chi connectivity index (χ0) is 20.3. The number of fused-ring (bicyclic) bond motifs is 1. The minimum atomic E-state index is -3.46. The second-order valence-electron chi connectivity index (χ2n) is 6.31. The largest absolute Gasteiger partial charge is 0.449 e. The standard InChI is InChI=1S/C19H21N3O5S/c1-3-22(16-7-5-4-6-8-16)18(23)14(2)27-19(24)15-9-10-17-20-28(25,26)12-11-21(17)13-15/h4-10,13-14H,3,11-12H2,1-2H3/t14-/m0/s1. The van der Waals surface area contributed by atoms with Crippen LogP contribution in [0.25, 0.3) is 0 Å². The molecule has 148 valence electrons. The summed E-state index contributed by atoms with van der Waals surface area (Å²) in [5.41, 5.74) is 0.950. The Labute approximate surface area is 163 Å². The molecule has 1 amide bonds. The lowest BCUT2D eigenvalue weighted by molar-refractivity contribution is -0.149. The van der Waals surface area contributed by atoms with Crippen LogP contribution in [0.15, 0.2) is 58.7 Å². The van der Waals surface area contributed by atoms with E-state index >= 15 is 0 Å². The molecular weight excluding hydrogens is 382 g/mol. The zero-order valence-corrected chi connectivity index (χ0v) is 16.4. The van der Waals surface area contributed by atoms with Crippen molar-refractivity contribution in [1.29, 1.82) is 0 Å². The maximum atomic E-state index is 12.7. The lowest BCUT2D eigenvalue weighted by Crippen LogP contribution is -2.41. The van der Waals surface area contributed by atoms with Gasteiger partial charge in [0.1, 0.15) is 5.84 Å². The van der Waals surface area contributed by atoms with Gasteiger partial charge in [-0.25, -0.2) is 13.2 Å². The zero-order valence-electron chi connectivity index (χ0n) is 15.6. The van der Waals surface area contributed by atoms with Crippen LogP contribution in [0.1, 0.15) is 13.8 Å². The van der Waals surface area contributed by atoms with Crippen molar-refractivity contribution < 1.29 is 22.7 Å². The molecule has 0 unspecified atom stereocenters. The van der Waals surface area contributed by atoms with Crippen LogP contribution in [-0.2, 0) is 24.3 Å². The van der Waals surface area contributed by atoms with Crippen LogP contribution in [0.5, 0.6) is 0 Å². The summed E-state index contributed by atoms with van der Waals surface area (Å²) < 4.78 is 32.1. The molecule has 2 aliphatic rings. The maximum absolute atomic E-state index is 12.7. The number of nitrogens with zero attached hydrogens (tertiary/aromatic N) is 3. The van der Waals surface area contributed by atoms with E-state index in [-0.39, 0.29) is 29.6 Å². The van der Waals surface area contributed by atoms with E-state index < -0.39 is 22.1 Å². The minimum absolute atomic E-state index is 0.124. The molecule has 0 aliphatic carbocycles. The average molecular weight is 403 g/mol. The van der Waals surface area contributed by atoms with E-state index in [1.807, 2.05) is 37.3 Å². The van der Waals surface area contributed by atoms with Crippen LogP contribution < -0.4 is 4.90 Å². The maximum Gasteiger partial charge on any atom is 0.340 e. The number of benzene rings is 1. The van der Waals surface area contributed by atoms with Gasteiger partial charge in [0.15, 0.2) is 6.10 Å². The van der Waals surface area contributed by atoms with Gasteiger partial charge in [0.2, 0.25) is 0 Å². The van der Waals surface area contributed by atoms with E-state index in [4.69, 9.17) is 4.74 Å². The lowest BCUT2D eigenvalue weighted by atomic mass is 10.2. The molecule has 8 nitrogen and oxygen atoms in total. The van der Waals surface area contributed by atoms with Crippen molar-refractivity contribution in [2.45, 2.75) is 20.0 Å². The van der Waals surface area contributed by atoms with E-state index in [2.05, 4.69) is 4.40 Å². The highest BCUT2D eigenvalue weighted by Crippen LogP contribution is 2.19. The van der Waals surface area contributed by atoms with Crippen LogP contribution >= 0.6 is 0 Å². The quantitative estimate of drug-likeness (QED) is 0.691. The molecule has 0 fully saturated rings. The van der Waals surface area contributed by atoms with Crippen LogP contribution in [-0.4, -0.2) is 56.0 Å². The highest BCUT2D eigenvalue weighted by Gasteiger charge is 2.28. The highest BCUT2D eigenvalue weighted by atomic mass is 32.2. The SMILES string of the molecule is CCN(C(=O)[C@H](C)OC(=O)C1=CN2CCS(=O)(=O)N=C2C=C1)c1ccccc1. The molecule has 0 bridgehead atoms. The second-order valence-corrected chi connectivity index (χ2v) is 8.07. The molecule has 0 radical (unpaired) electrons. The molecular formula is C19H21N3O5S. The molecule has 0 aromatic heterocycles. The fraction of sp³-hybridized carbons (Fsp3) is 0.316. The summed E-state index contributed by atoms with van der Waals surface area (Å²) in [5.74, 6) is -0.851. The van der Waals surface area contributed by atoms with Crippen molar-refractivity contribution in [3.63, 3.8) is 0 Å². The molecule has 1 aromatic rings. The number of carbonyl (C=O) groups excluding carboxylic acids is 2. The first-order valence-corrected chi connectivity index (χ1v) is 10.5. The Morgan fingerprint density at radius 2 is 1.96 bits per heavy atom. The highest BCUT2D eigenvalue weighted by molar-refractivity contribution is 7.90. The van der Waals surface area contributed by atoms with E-state index in [0.717, 1.165) is 5.69 Å². The van der Waals surface area contributed by atoms with Crippen LogP contribution in [0, 0.1) is 0 Å². The monoisotopic (exact) mass is 403 g/mol. The van der Waals surface area contributed by atoms with Gasteiger partial charge in [-0.05, 0) is 38.1 Å². The Bertz CT molecular complexity index is 967. The molecule has 1 aromatic carbocycles. The number of hydrogen-bond donors (Lipinski definition) is 0. The molecule has 3 rings (SSSR count). The summed E-state index contributed by atoms with van der Waals surface area (Å²) in [6, 6.07) is 9.15. The molecule has 2 aliphatic heterocycles. The Kier molecular flexibility index (Phi) is 5.64. The third-order valence-electron chi connectivity index (χ3n) is 4.34. The van der Waals surface area contributed by atoms with Gasteiger partial charge in [0.05, 0.1) is 11.3 Å². The van der Waals surface area contributed by atoms with Gasteiger partial charge in [-0.15, -0.1) is 4.40 Å². The lowest BCUT2D eigenvalue weighted by Gasteiger charge is -2.27. The molecule has 0 saturated carbocycles. The predicted octanol–water partition coefficient (Wildman–Crippen LogP) is 1.47. The number of anilines is 1. The van der Waals surface area contributed by atoms with E-state index in [9.17, 15) is 18.0 Å². The third-order valence-corrected chi connectivity index (χ3v) is 5.51. The number of hydrogen-bond acceptors (Lipinski definition) is 6. The molecule has 2 heterocycles. The number of para-hydroxylation sites is 1. The van der Waals surface area contributed by atoms with Gasteiger partial charge in [-0.3, -0.25) is 4.79 Å². The average Bonchev–Trinajstić information content (AvgIpc) is 2.68. The van der Waals surface area contributed by atoms with E-state index in [0.29, 0.717) is 6.54 Å². The van der Waals surface area contributed by atoms with Crippen LogP contribution in [0.4, 0.5) is 5.69 Å². The summed E-state index contributed by atoms with van der Waals surface area (Å²) in [6.07, 6.45) is 3.40. The van der Waals surface area contributed by atoms with Gasteiger partial charge < -0.3 is 14.5 Å². The number of amides is 1. The van der Waals surface area contributed by atoms with Gasteiger partial charge in [-0.1, -0.05) is 18.2 Å². The van der Waals surface area contributed by atoms with Crippen molar-refractivity contribution in [1.82, 2.24) is 4.90 Å². The smallest absolute Gasteiger partial charge is 0.340 e. The summed E-state index contributed by atoms with van der Waals surface area (Å²) in [6.45, 7) is 4.01. The number of ether oxygens (including phenoxy) is 1. The van der Waals surface area contributed by atoms with Crippen LogP contribution in [0.2, 0.25) is 0 Å². The summed E-state index contributed by atoms with van der Waals surface area (Å²) >= 11 is 0. The number of amidine groups is 1.